The van der Waals surface area contributed by atoms with Crippen molar-refractivity contribution in [2.24, 2.45) is 10.9 Å². The molecule has 1 aliphatic heterocycles. The van der Waals surface area contributed by atoms with E-state index in [2.05, 4.69) is 122 Å². The molecule has 0 amide bonds. The molecule has 3 nitrogen and oxygen atoms in total. The first-order chi connectivity index (χ1) is 22.1. The van der Waals surface area contributed by atoms with Crippen LogP contribution in [-0.4, -0.2) is 5.84 Å². The third-order valence-corrected chi connectivity index (χ3v) is 10.0. The molecule has 4 aliphatic rings. The quantitative estimate of drug-likeness (QED) is 0.293. The van der Waals surface area contributed by atoms with Gasteiger partial charge in [0, 0.05) is 22.6 Å². The van der Waals surface area contributed by atoms with Crippen LogP contribution >= 0.6 is 0 Å². The summed E-state index contributed by atoms with van der Waals surface area (Å²) in [7, 11) is 0. The van der Waals surface area contributed by atoms with Crippen molar-refractivity contribution in [3.05, 3.63) is 161 Å². The maximum Gasteiger partial charge on any atom is 0.133 e. The lowest BCUT2D eigenvalue weighted by atomic mass is 9.66. The van der Waals surface area contributed by atoms with Crippen molar-refractivity contribution in [1.29, 1.82) is 5.26 Å². The molecule has 2 unspecified atom stereocenters. The molecular weight excluding hydrogens is 546 g/mol. The molecule has 1 spiro atoms. The summed E-state index contributed by atoms with van der Waals surface area (Å²) in [5.74, 6) is 1.08. The summed E-state index contributed by atoms with van der Waals surface area (Å²) < 4.78 is 0. The number of fused-ring (bicyclic) bond motifs is 5. The van der Waals surface area contributed by atoms with Gasteiger partial charge < -0.3 is 5.32 Å². The second-order valence-electron chi connectivity index (χ2n) is 12.5. The minimum atomic E-state index is -0.0684. The smallest absolute Gasteiger partial charge is 0.133 e. The van der Waals surface area contributed by atoms with Gasteiger partial charge in [-0.1, -0.05) is 123 Å². The number of rotatable bonds is 6. The second-order valence-corrected chi connectivity index (χ2v) is 12.5. The molecule has 3 aromatic carbocycles. The van der Waals surface area contributed by atoms with Gasteiger partial charge in [0.15, 0.2) is 0 Å². The number of aliphatic imine (C=N–C) groups is 1. The molecule has 2 atom stereocenters. The van der Waals surface area contributed by atoms with Gasteiger partial charge in [0.1, 0.15) is 5.84 Å². The standard InChI is InChI=1S/C42H39N3/c1-3-5-13-30(4-2)41-44-38(33-21-19-32(20-22-33)31-14-8-6-9-15-31)27-39(45-41)36-17-12-16-35-34-23-18-29(28-43)26-37(34)42(40(35)36)24-10-7-11-25-42/h3-6,8-9,12-21,23,26-27,33,39H,1,7,10-11,22,24-25H2,2H3,(H,44,45)/b13-5-,30-4+. The van der Waals surface area contributed by atoms with Crippen molar-refractivity contribution in [1.82, 2.24) is 5.32 Å². The highest BCUT2D eigenvalue weighted by molar-refractivity contribution is 6.02. The fourth-order valence-corrected chi connectivity index (χ4v) is 7.89. The molecule has 222 valence electrons. The predicted molar refractivity (Wildman–Crippen MR) is 187 cm³/mol. The monoisotopic (exact) mass is 585 g/mol. The van der Waals surface area contributed by atoms with E-state index in [0.717, 1.165) is 41.9 Å². The molecule has 0 aromatic heterocycles. The van der Waals surface area contributed by atoms with Crippen molar-refractivity contribution in [3.8, 4) is 17.2 Å². The summed E-state index contributed by atoms with van der Waals surface area (Å²) in [6.07, 6.45) is 24.1. The Hall–Kier alpha value is -4.94. The highest BCUT2D eigenvalue weighted by Crippen LogP contribution is 2.58. The largest absolute Gasteiger partial charge is 0.359 e. The summed E-state index contributed by atoms with van der Waals surface area (Å²) in [4.78, 5) is 5.26. The molecule has 0 bridgehead atoms. The topological polar surface area (TPSA) is 48.2 Å². The van der Waals surface area contributed by atoms with E-state index in [4.69, 9.17) is 4.99 Å². The Morgan fingerprint density at radius 1 is 1.02 bits per heavy atom. The minimum absolute atomic E-state index is 0.0361. The average molecular weight is 586 g/mol. The number of allylic oxidation sites excluding steroid dienone is 7. The Morgan fingerprint density at radius 2 is 1.87 bits per heavy atom. The van der Waals surface area contributed by atoms with Gasteiger partial charge >= 0.3 is 0 Å². The van der Waals surface area contributed by atoms with Crippen LogP contribution in [0.1, 0.15) is 79.3 Å². The van der Waals surface area contributed by atoms with Crippen LogP contribution in [0.25, 0.3) is 16.7 Å². The fraction of sp³-hybridized carbons (Fsp3) is 0.238. The van der Waals surface area contributed by atoms with Gasteiger partial charge in [-0.2, -0.15) is 5.26 Å². The summed E-state index contributed by atoms with van der Waals surface area (Å²) in [5.41, 5.74) is 12.0. The summed E-state index contributed by atoms with van der Waals surface area (Å²) in [5, 5.41) is 13.7. The number of hydrogen-bond donors (Lipinski definition) is 1. The molecule has 1 heterocycles. The molecule has 7 rings (SSSR count). The Bertz CT molecular complexity index is 1870. The molecule has 3 aliphatic carbocycles. The molecule has 0 saturated heterocycles. The van der Waals surface area contributed by atoms with E-state index in [0.29, 0.717) is 0 Å². The number of nitrogens with one attached hydrogen (secondary N) is 1. The normalized spacial score (nSPS) is 21.7. The Kier molecular flexibility index (Phi) is 7.82. The third kappa shape index (κ3) is 5.15. The van der Waals surface area contributed by atoms with Gasteiger partial charge in [0.2, 0.25) is 0 Å². The van der Waals surface area contributed by atoms with Crippen LogP contribution in [0.5, 0.6) is 0 Å². The highest BCUT2D eigenvalue weighted by atomic mass is 15.1. The molecular formula is C42H39N3. The maximum atomic E-state index is 9.82. The molecule has 1 saturated carbocycles. The zero-order valence-corrected chi connectivity index (χ0v) is 26.0. The van der Waals surface area contributed by atoms with Gasteiger partial charge in [0.25, 0.3) is 0 Å². The number of nitriles is 1. The average Bonchev–Trinajstić information content (AvgIpc) is 3.37. The van der Waals surface area contributed by atoms with E-state index >= 15 is 0 Å². The molecule has 1 N–H and O–H groups in total. The summed E-state index contributed by atoms with van der Waals surface area (Å²) in [6.45, 7) is 5.96. The summed E-state index contributed by atoms with van der Waals surface area (Å²) >= 11 is 0. The number of hydrogen-bond acceptors (Lipinski definition) is 3. The lowest BCUT2D eigenvalue weighted by Gasteiger charge is -2.38. The lowest BCUT2D eigenvalue weighted by Crippen LogP contribution is -2.35. The maximum absolute atomic E-state index is 9.82. The van der Waals surface area contributed by atoms with Gasteiger partial charge in [0.05, 0.1) is 17.7 Å². The highest BCUT2D eigenvalue weighted by Gasteiger charge is 2.46. The van der Waals surface area contributed by atoms with Crippen molar-refractivity contribution in [2.75, 3.05) is 0 Å². The molecule has 3 aromatic rings. The van der Waals surface area contributed by atoms with Crippen molar-refractivity contribution < 1.29 is 0 Å². The van der Waals surface area contributed by atoms with E-state index in [1.807, 2.05) is 18.2 Å². The van der Waals surface area contributed by atoms with E-state index < -0.39 is 0 Å². The van der Waals surface area contributed by atoms with E-state index in [1.54, 1.807) is 0 Å². The Balaban J connectivity index is 1.33. The van der Waals surface area contributed by atoms with E-state index in [1.165, 1.54) is 58.2 Å². The van der Waals surface area contributed by atoms with Crippen molar-refractivity contribution >= 4 is 11.4 Å². The molecule has 1 fully saturated rings. The third-order valence-electron chi connectivity index (χ3n) is 10.0. The van der Waals surface area contributed by atoms with E-state index in [-0.39, 0.29) is 17.4 Å². The number of amidine groups is 1. The summed E-state index contributed by atoms with van der Waals surface area (Å²) in [6, 6.07) is 26.1. The van der Waals surface area contributed by atoms with Crippen LogP contribution in [0, 0.1) is 17.2 Å². The SMILES string of the molecule is C=C/C=C\C(=C/C)C1=NC(C2C=CC(c3ccccc3)=CC2)=CC(c2cccc3c2C2(CCCCC2)c2cc(C#N)ccc2-3)N1. The second kappa shape index (κ2) is 12.2. The Morgan fingerprint density at radius 3 is 2.60 bits per heavy atom. The first-order valence-corrected chi connectivity index (χ1v) is 16.3. The van der Waals surface area contributed by atoms with Gasteiger partial charge in [-0.05, 0) is 83.3 Å². The van der Waals surface area contributed by atoms with Gasteiger partial charge in [-0.3, -0.25) is 0 Å². The van der Waals surface area contributed by atoms with E-state index in [9.17, 15) is 5.26 Å². The lowest BCUT2D eigenvalue weighted by molar-refractivity contribution is 0.350. The fourth-order valence-electron chi connectivity index (χ4n) is 7.89. The first kappa shape index (κ1) is 28.8. The number of benzene rings is 3. The zero-order chi connectivity index (χ0) is 30.8. The first-order valence-electron chi connectivity index (χ1n) is 16.3. The predicted octanol–water partition coefficient (Wildman–Crippen LogP) is 10.1. The van der Waals surface area contributed by atoms with Crippen LogP contribution in [0.3, 0.4) is 0 Å². The van der Waals surface area contributed by atoms with Crippen LogP contribution in [0.15, 0.2) is 138 Å². The zero-order valence-electron chi connectivity index (χ0n) is 26.0. The van der Waals surface area contributed by atoms with Gasteiger partial charge in [-0.15, -0.1) is 0 Å². The van der Waals surface area contributed by atoms with Crippen LogP contribution < -0.4 is 5.32 Å². The van der Waals surface area contributed by atoms with Crippen LogP contribution in [-0.2, 0) is 5.41 Å². The molecule has 45 heavy (non-hydrogen) atoms. The molecule has 3 heteroatoms. The molecule has 0 radical (unpaired) electrons. The van der Waals surface area contributed by atoms with Gasteiger partial charge in [-0.25, -0.2) is 4.99 Å². The van der Waals surface area contributed by atoms with Crippen LogP contribution in [0.4, 0.5) is 0 Å². The number of nitrogens with zero attached hydrogens (tertiary/aromatic N) is 2. The minimum Gasteiger partial charge on any atom is -0.359 e. The Labute approximate surface area is 267 Å². The van der Waals surface area contributed by atoms with Crippen LogP contribution in [0.2, 0.25) is 0 Å². The van der Waals surface area contributed by atoms with Crippen molar-refractivity contribution in [3.63, 3.8) is 0 Å². The van der Waals surface area contributed by atoms with Crippen molar-refractivity contribution in [2.45, 2.75) is 56.9 Å².